The fourth-order valence-corrected chi connectivity index (χ4v) is 6.21. The Morgan fingerprint density at radius 1 is 0.881 bits per heavy atom. The van der Waals surface area contributed by atoms with E-state index in [9.17, 15) is 4.79 Å². The summed E-state index contributed by atoms with van der Waals surface area (Å²) in [5.41, 5.74) is 4.93. The molecule has 0 spiro atoms. The van der Waals surface area contributed by atoms with Crippen molar-refractivity contribution in [2.45, 2.75) is 43.6 Å². The number of rotatable bonds is 8. The fourth-order valence-electron chi connectivity index (χ4n) is 6.21. The van der Waals surface area contributed by atoms with Crippen molar-refractivity contribution >= 4 is 22.8 Å². The molecule has 0 aliphatic heterocycles. The molecule has 0 saturated heterocycles. The lowest BCUT2D eigenvalue weighted by molar-refractivity contribution is 0.227. The van der Waals surface area contributed by atoms with E-state index in [1.807, 2.05) is 79.8 Å². The predicted octanol–water partition coefficient (Wildman–Crippen LogP) is 6.98. The average Bonchev–Trinajstić information content (AvgIpc) is 3.55. The van der Waals surface area contributed by atoms with Gasteiger partial charge in [0.2, 0.25) is 0 Å². The Morgan fingerprint density at radius 2 is 1.52 bits per heavy atom. The summed E-state index contributed by atoms with van der Waals surface area (Å²) in [5.74, 6) is 1.60. The van der Waals surface area contributed by atoms with Crippen LogP contribution in [0.4, 0.5) is 10.6 Å². The van der Waals surface area contributed by atoms with Crippen LogP contribution in [0.1, 0.15) is 55.0 Å². The Bertz CT molecular complexity index is 1600. The molecular weight excluding hydrogens is 520 g/mol. The number of para-hydroxylation sites is 1. The molecule has 0 atom stereocenters. The number of hydrogen-bond acceptors (Lipinski definition) is 4. The molecule has 7 nitrogen and oxygen atoms in total. The number of aromatic amines is 1. The molecule has 1 fully saturated rings. The van der Waals surface area contributed by atoms with Crippen molar-refractivity contribution in [3.63, 3.8) is 0 Å². The number of hydrogen-bond donors (Lipinski definition) is 3. The first-order valence-corrected chi connectivity index (χ1v) is 14.8. The van der Waals surface area contributed by atoms with E-state index in [-0.39, 0.29) is 17.5 Å². The molecular formula is C35H38N6O. The summed E-state index contributed by atoms with van der Waals surface area (Å²) >= 11 is 0. The zero-order valence-corrected chi connectivity index (χ0v) is 24.3. The number of nitrogens with one attached hydrogen (secondary N) is 3. The Labute approximate surface area is 247 Å². The molecule has 7 heteroatoms. The quantitative estimate of drug-likeness (QED) is 0.192. The van der Waals surface area contributed by atoms with E-state index < -0.39 is 0 Å². The van der Waals surface area contributed by atoms with Gasteiger partial charge in [-0.2, -0.15) is 0 Å². The molecule has 214 valence electrons. The van der Waals surface area contributed by atoms with Crippen LogP contribution in [0.2, 0.25) is 0 Å². The molecule has 1 aliphatic carbocycles. The molecule has 2 amide bonds. The highest BCUT2D eigenvalue weighted by atomic mass is 16.2. The zero-order valence-electron chi connectivity index (χ0n) is 24.3. The zero-order chi connectivity index (χ0) is 28.9. The maximum atomic E-state index is 13.4. The van der Waals surface area contributed by atoms with E-state index in [0.717, 1.165) is 64.8 Å². The van der Waals surface area contributed by atoms with Gasteiger partial charge in [0.1, 0.15) is 5.82 Å². The highest BCUT2D eigenvalue weighted by molar-refractivity contribution is 5.90. The third kappa shape index (κ3) is 5.73. The van der Waals surface area contributed by atoms with Gasteiger partial charge in [-0.3, -0.25) is 0 Å². The average molecular weight is 559 g/mol. The number of nitrogens with zero attached hydrogens (tertiary/aromatic N) is 3. The minimum Gasteiger partial charge on any atom is -0.364 e. The topological polar surface area (TPSA) is 85.9 Å². The monoisotopic (exact) mass is 558 g/mol. The van der Waals surface area contributed by atoms with E-state index in [1.165, 1.54) is 6.42 Å². The fraction of sp³-hybridized carbons (Fsp3) is 0.286. The number of carbonyl (C=O) groups is 1. The van der Waals surface area contributed by atoms with Gasteiger partial charge in [0, 0.05) is 48.9 Å². The minimum absolute atomic E-state index is 0.169. The largest absolute Gasteiger partial charge is 0.364 e. The van der Waals surface area contributed by atoms with Crippen LogP contribution >= 0.6 is 0 Å². The van der Waals surface area contributed by atoms with Crippen LogP contribution in [0, 0.1) is 0 Å². The Morgan fingerprint density at radius 3 is 2.19 bits per heavy atom. The summed E-state index contributed by atoms with van der Waals surface area (Å²) < 4.78 is 0. The molecule has 0 bridgehead atoms. The summed E-state index contributed by atoms with van der Waals surface area (Å²) in [7, 11) is 4.02. The number of anilines is 1. The third-order valence-electron chi connectivity index (χ3n) is 8.46. The van der Waals surface area contributed by atoms with Crippen molar-refractivity contribution in [1.82, 2.24) is 25.6 Å². The molecule has 42 heavy (non-hydrogen) atoms. The first-order valence-electron chi connectivity index (χ1n) is 14.8. The predicted molar refractivity (Wildman–Crippen MR) is 170 cm³/mol. The van der Waals surface area contributed by atoms with Crippen molar-refractivity contribution in [2.24, 2.45) is 0 Å². The van der Waals surface area contributed by atoms with E-state index in [4.69, 9.17) is 9.97 Å². The molecule has 3 aromatic carbocycles. The number of H-pyrrole nitrogens is 1. The highest BCUT2D eigenvalue weighted by Gasteiger charge is 2.36. The normalized spacial score (nSPS) is 14.5. The molecule has 1 aliphatic rings. The number of urea groups is 1. The molecule has 0 unspecified atom stereocenters. The van der Waals surface area contributed by atoms with Gasteiger partial charge in [0.05, 0.1) is 11.6 Å². The van der Waals surface area contributed by atoms with Gasteiger partial charge in [0.25, 0.3) is 0 Å². The van der Waals surface area contributed by atoms with Gasteiger partial charge in [-0.15, -0.1) is 0 Å². The second kappa shape index (κ2) is 12.1. The summed E-state index contributed by atoms with van der Waals surface area (Å²) in [6.45, 7) is 0.552. The highest BCUT2D eigenvalue weighted by Crippen LogP contribution is 2.40. The molecule has 5 aromatic rings. The third-order valence-corrected chi connectivity index (χ3v) is 8.46. The van der Waals surface area contributed by atoms with Gasteiger partial charge >= 0.3 is 6.03 Å². The number of benzene rings is 3. The first kappa shape index (κ1) is 27.5. The van der Waals surface area contributed by atoms with Crippen LogP contribution in [-0.2, 0) is 5.41 Å². The van der Waals surface area contributed by atoms with Crippen LogP contribution in [0.25, 0.3) is 22.3 Å². The SMILES string of the molecule is CN(C)c1nc(-c2c[nH]c(C3(CNC(=O)NC(c4ccccc4)c4ccccc4)CCCCC3)c2)nc2ccccc12. The Hall–Kier alpha value is -4.65. The molecule has 6 rings (SSSR count). The number of amides is 2. The van der Waals surface area contributed by atoms with Crippen LogP contribution in [0.3, 0.4) is 0 Å². The summed E-state index contributed by atoms with van der Waals surface area (Å²) in [4.78, 5) is 28.8. The van der Waals surface area contributed by atoms with E-state index >= 15 is 0 Å². The van der Waals surface area contributed by atoms with Crippen molar-refractivity contribution < 1.29 is 4.79 Å². The van der Waals surface area contributed by atoms with Crippen LogP contribution < -0.4 is 15.5 Å². The smallest absolute Gasteiger partial charge is 0.315 e. The van der Waals surface area contributed by atoms with Crippen molar-refractivity contribution in [1.29, 1.82) is 0 Å². The van der Waals surface area contributed by atoms with Gasteiger partial charge in [-0.25, -0.2) is 14.8 Å². The molecule has 2 heterocycles. The number of carbonyl (C=O) groups excluding carboxylic acids is 1. The molecule has 0 radical (unpaired) electrons. The second-order valence-electron chi connectivity index (χ2n) is 11.5. The van der Waals surface area contributed by atoms with Crippen molar-refractivity contribution in [3.05, 3.63) is 114 Å². The molecule has 3 N–H and O–H groups in total. The van der Waals surface area contributed by atoms with Crippen LogP contribution in [-0.4, -0.2) is 41.6 Å². The summed E-state index contributed by atoms with van der Waals surface area (Å²) in [5, 5.41) is 7.52. The Kier molecular flexibility index (Phi) is 7.91. The molecule has 2 aromatic heterocycles. The maximum Gasteiger partial charge on any atom is 0.315 e. The van der Waals surface area contributed by atoms with E-state index in [2.05, 4.69) is 52.0 Å². The van der Waals surface area contributed by atoms with Crippen molar-refractivity contribution in [2.75, 3.05) is 25.5 Å². The lowest BCUT2D eigenvalue weighted by Gasteiger charge is -2.37. The van der Waals surface area contributed by atoms with E-state index in [1.54, 1.807) is 0 Å². The summed E-state index contributed by atoms with van der Waals surface area (Å²) in [6.07, 6.45) is 7.50. The lowest BCUT2D eigenvalue weighted by atomic mass is 9.71. The van der Waals surface area contributed by atoms with Gasteiger partial charge in [-0.1, -0.05) is 92.1 Å². The number of fused-ring (bicyclic) bond motifs is 1. The second-order valence-corrected chi connectivity index (χ2v) is 11.5. The van der Waals surface area contributed by atoms with Gasteiger partial charge in [0.15, 0.2) is 5.82 Å². The molecule has 1 saturated carbocycles. The Balaban J connectivity index is 1.24. The minimum atomic E-state index is -0.234. The number of aromatic nitrogens is 3. The first-order chi connectivity index (χ1) is 20.5. The standard InChI is InChI=1S/C35H38N6O/c1-41(2)33-28-18-10-11-19-29(28)38-32(40-33)27-22-30(36-23-27)35(20-12-5-13-21-35)24-37-34(42)39-31(25-14-6-3-7-15-25)26-16-8-4-9-17-26/h3-4,6-11,14-19,22-23,31,36H,5,12-13,20-21,24H2,1-2H3,(H2,37,39,42). The lowest BCUT2D eigenvalue weighted by Crippen LogP contribution is -2.46. The maximum absolute atomic E-state index is 13.4. The van der Waals surface area contributed by atoms with Crippen LogP contribution in [0.5, 0.6) is 0 Å². The van der Waals surface area contributed by atoms with Crippen molar-refractivity contribution in [3.8, 4) is 11.4 Å². The summed E-state index contributed by atoms with van der Waals surface area (Å²) in [6, 6.07) is 30.1. The van der Waals surface area contributed by atoms with Crippen LogP contribution in [0.15, 0.2) is 97.2 Å². The van der Waals surface area contributed by atoms with Gasteiger partial charge < -0.3 is 20.5 Å². The van der Waals surface area contributed by atoms with E-state index in [0.29, 0.717) is 12.4 Å². The van der Waals surface area contributed by atoms with Gasteiger partial charge in [-0.05, 0) is 42.2 Å².